The molecule has 2 aromatic carbocycles. The van der Waals surface area contributed by atoms with E-state index in [2.05, 4.69) is 20.7 Å². The highest BCUT2D eigenvalue weighted by atomic mass is 35.5. The van der Waals surface area contributed by atoms with E-state index in [4.69, 9.17) is 11.6 Å². The van der Waals surface area contributed by atoms with Crippen LogP contribution in [0.25, 0.3) is 0 Å². The van der Waals surface area contributed by atoms with Crippen molar-refractivity contribution in [3.05, 3.63) is 68.7 Å². The Kier molecular flexibility index (Phi) is 8.78. The van der Waals surface area contributed by atoms with Gasteiger partial charge < -0.3 is 15.1 Å². The first-order chi connectivity index (χ1) is 16.7. The second-order valence-corrected chi connectivity index (χ2v) is 9.11. The van der Waals surface area contributed by atoms with Gasteiger partial charge in [0.15, 0.2) is 0 Å². The molecule has 2 N–H and O–H groups in total. The summed E-state index contributed by atoms with van der Waals surface area (Å²) >= 11 is 6.08. The molecule has 0 radical (unpaired) electrons. The highest BCUT2D eigenvalue weighted by molar-refractivity contribution is 6.33. The van der Waals surface area contributed by atoms with Gasteiger partial charge in [0, 0.05) is 37.8 Å². The van der Waals surface area contributed by atoms with Gasteiger partial charge in [0.05, 0.1) is 21.7 Å². The fraction of sp³-hybridized carbons (Fsp3) is 0.375. The first-order valence-electron chi connectivity index (χ1n) is 11.3. The quantitative estimate of drug-likeness (QED) is 0.326. The number of nitrogens with one attached hydrogen (secondary N) is 2. The van der Waals surface area contributed by atoms with Gasteiger partial charge in [0.2, 0.25) is 0 Å². The van der Waals surface area contributed by atoms with E-state index in [9.17, 15) is 19.7 Å². The third-order valence-electron chi connectivity index (χ3n) is 5.78. The largest absolute Gasteiger partial charge is 0.363 e. The maximum atomic E-state index is 12.7. The molecule has 11 heteroatoms. The molecule has 2 aromatic rings. The number of hydrogen-bond acceptors (Lipinski definition) is 7. The van der Waals surface area contributed by atoms with E-state index >= 15 is 0 Å². The minimum atomic E-state index is -0.857. The zero-order chi connectivity index (χ0) is 25.5. The van der Waals surface area contributed by atoms with Crippen molar-refractivity contribution in [3.63, 3.8) is 0 Å². The van der Waals surface area contributed by atoms with Crippen molar-refractivity contribution in [2.75, 3.05) is 38.1 Å². The minimum absolute atomic E-state index is 0.0168. The Morgan fingerprint density at radius 3 is 2.46 bits per heavy atom. The Morgan fingerprint density at radius 2 is 1.83 bits per heavy atom. The summed E-state index contributed by atoms with van der Waals surface area (Å²) in [6.45, 7) is 6.66. The average molecular weight is 501 g/mol. The Bertz CT molecular complexity index is 1110. The van der Waals surface area contributed by atoms with Gasteiger partial charge in [-0.05, 0) is 31.2 Å². The number of amides is 2. The lowest BCUT2D eigenvalue weighted by Gasteiger charge is -2.33. The fourth-order valence-corrected chi connectivity index (χ4v) is 3.94. The van der Waals surface area contributed by atoms with Crippen LogP contribution in [0.4, 0.5) is 11.4 Å². The molecule has 1 unspecified atom stereocenters. The molecule has 1 saturated heterocycles. The van der Waals surface area contributed by atoms with Crippen molar-refractivity contribution in [3.8, 4) is 0 Å². The number of nitrogens with zero attached hydrogens (tertiary/aromatic N) is 4. The van der Waals surface area contributed by atoms with Crippen molar-refractivity contribution < 1.29 is 14.5 Å². The Labute approximate surface area is 209 Å². The summed E-state index contributed by atoms with van der Waals surface area (Å²) in [5, 5.41) is 18.6. The molecule has 10 nitrogen and oxygen atoms in total. The van der Waals surface area contributed by atoms with E-state index in [1.54, 1.807) is 50.2 Å². The molecular weight excluding hydrogens is 472 g/mol. The van der Waals surface area contributed by atoms with Crippen LogP contribution in [-0.4, -0.2) is 67.1 Å². The van der Waals surface area contributed by atoms with Crippen LogP contribution in [-0.2, 0) is 4.79 Å². The van der Waals surface area contributed by atoms with Crippen molar-refractivity contribution >= 4 is 41.0 Å². The lowest BCUT2D eigenvalue weighted by molar-refractivity contribution is -0.384. The molecule has 1 aliphatic rings. The third-order valence-corrected chi connectivity index (χ3v) is 6.11. The molecule has 0 spiro atoms. The van der Waals surface area contributed by atoms with E-state index in [0.29, 0.717) is 24.3 Å². The number of hydrazone groups is 1. The second-order valence-electron chi connectivity index (χ2n) is 8.70. The molecule has 0 saturated carbocycles. The zero-order valence-electron chi connectivity index (χ0n) is 19.9. The number of rotatable bonds is 8. The van der Waals surface area contributed by atoms with Crippen LogP contribution in [0.1, 0.15) is 29.8 Å². The van der Waals surface area contributed by atoms with Crippen LogP contribution < -0.4 is 15.6 Å². The lowest BCUT2D eigenvalue weighted by Crippen LogP contribution is -2.48. The lowest BCUT2D eigenvalue weighted by atomic mass is 10.0. The highest BCUT2D eigenvalue weighted by Gasteiger charge is 2.26. The summed E-state index contributed by atoms with van der Waals surface area (Å²) in [5.74, 6) is -1.20. The monoisotopic (exact) mass is 500 g/mol. The summed E-state index contributed by atoms with van der Waals surface area (Å²) in [7, 11) is 2.02. The van der Waals surface area contributed by atoms with Gasteiger partial charge in [-0.3, -0.25) is 19.7 Å². The smallest absolute Gasteiger partial charge is 0.293 e. The molecule has 186 valence electrons. The Morgan fingerprint density at radius 1 is 1.14 bits per heavy atom. The SMILES string of the molecule is CC(C)C(NC(=O)c1ccccc1Cl)C(=O)N/N=C\c1ccc(N2CCN(C)CC2)c([N+](=O)[O-])c1. The fourth-order valence-electron chi connectivity index (χ4n) is 3.72. The third kappa shape index (κ3) is 6.77. The predicted octanol–water partition coefficient (Wildman–Crippen LogP) is 2.90. The van der Waals surface area contributed by atoms with Crippen LogP contribution in [0.15, 0.2) is 47.6 Å². The van der Waals surface area contributed by atoms with E-state index in [0.717, 1.165) is 13.1 Å². The number of hydrogen-bond donors (Lipinski definition) is 2. The normalized spacial score (nSPS) is 15.3. The second kappa shape index (κ2) is 11.8. The maximum Gasteiger partial charge on any atom is 0.293 e. The number of nitro benzene ring substituents is 1. The van der Waals surface area contributed by atoms with E-state index in [1.165, 1.54) is 12.3 Å². The molecule has 1 atom stereocenters. The number of likely N-dealkylation sites (N-methyl/N-ethyl adjacent to an activating group) is 1. The molecule has 0 bridgehead atoms. The van der Waals surface area contributed by atoms with Crippen LogP contribution in [0.5, 0.6) is 0 Å². The number of nitro groups is 1. The minimum Gasteiger partial charge on any atom is -0.363 e. The van der Waals surface area contributed by atoms with Crippen LogP contribution in [0.3, 0.4) is 0 Å². The molecule has 1 heterocycles. The Hall–Kier alpha value is -3.50. The number of benzene rings is 2. The summed E-state index contributed by atoms with van der Waals surface area (Å²) in [4.78, 5) is 40.7. The van der Waals surface area contributed by atoms with Gasteiger partial charge in [0.25, 0.3) is 17.5 Å². The number of anilines is 1. The van der Waals surface area contributed by atoms with Crippen LogP contribution in [0.2, 0.25) is 5.02 Å². The molecular formula is C24H29ClN6O4. The average Bonchev–Trinajstić information content (AvgIpc) is 2.83. The van der Waals surface area contributed by atoms with E-state index in [1.807, 2.05) is 11.9 Å². The van der Waals surface area contributed by atoms with Gasteiger partial charge in [0.1, 0.15) is 11.7 Å². The number of halogens is 1. The van der Waals surface area contributed by atoms with Crippen LogP contribution >= 0.6 is 11.6 Å². The number of piperazine rings is 1. The summed E-state index contributed by atoms with van der Waals surface area (Å²) < 4.78 is 0. The van der Waals surface area contributed by atoms with Crippen molar-refractivity contribution in [1.82, 2.24) is 15.6 Å². The van der Waals surface area contributed by atoms with Gasteiger partial charge >= 0.3 is 0 Å². The van der Waals surface area contributed by atoms with E-state index in [-0.39, 0.29) is 22.2 Å². The van der Waals surface area contributed by atoms with Crippen LogP contribution in [0, 0.1) is 16.0 Å². The maximum absolute atomic E-state index is 12.7. The highest BCUT2D eigenvalue weighted by Crippen LogP contribution is 2.29. The van der Waals surface area contributed by atoms with E-state index < -0.39 is 22.8 Å². The van der Waals surface area contributed by atoms with Crippen molar-refractivity contribution in [2.24, 2.45) is 11.0 Å². The summed E-state index contributed by atoms with van der Waals surface area (Å²) in [6, 6.07) is 10.6. The van der Waals surface area contributed by atoms with Gasteiger partial charge in [-0.15, -0.1) is 0 Å². The van der Waals surface area contributed by atoms with Crippen molar-refractivity contribution in [1.29, 1.82) is 0 Å². The first kappa shape index (κ1) is 26.1. The topological polar surface area (TPSA) is 120 Å². The molecule has 35 heavy (non-hydrogen) atoms. The molecule has 0 aliphatic carbocycles. The molecule has 1 fully saturated rings. The number of carbonyl (C=O) groups excluding carboxylic acids is 2. The van der Waals surface area contributed by atoms with Gasteiger partial charge in [-0.2, -0.15) is 5.10 Å². The Balaban J connectivity index is 1.68. The summed E-state index contributed by atoms with van der Waals surface area (Å²) in [5.41, 5.74) is 3.69. The molecule has 3 rings (SSSR count). The molecule has 0 aromatic heterocycles. The van der Waals surface area contributed by atoms with Gasteiger partial charge in [-0.1, -0.05) is 43.6 Å². The number of carbonyl (C=O) groups is 2. The standard InChI is InChI=1S/C24H29ClN6O4/c1-16(2)22(27-23(32)18-6-4-5-7-19(18)25)24(33)28-26-15-17-8-9-20(21(14-17)31(34)35)30-12-10-29(3)11-13-30/h4-9,14-16,22H,10-13H2,1-3H3,(H,27,32)(H,28,33)/b26-15-. The molecule has 2 amide bonds. The predicted molar refractivity (Wildman–Crippen MR) is 136 cm³/mol. The zero-order valence-corrected chi connectivity index (χ0v) is 20.7. The van der Waals surface area contributed by atoms with Gasteiger partial charge in [-0.25, -0.2) is 5.43 Å². The van der Waals surface area contributed by atoms with Crippen molar-refractivity contribution in [2.45, 2.75) is 19.9 Å². The molecule has 1 aliphatic heterocycles. The summed E-state index contributed by atoms with van der Waals surface area (Å²) in [6.07, 6.45) is 1.34. The first-order valence-corrected chi connectivity index (χ1v) is 11.7.